The summed E-state index contributed by atoms with van der Waals surface area (Å²) in [7, 11) is -5.03. The van der Waals surface area contributed by atoms with E-state index in [9.17, 15) is 39.8 Å². The predicted molar refractivity (Wildman–Crippen MR) is 272 cm³/mol. The number of carbonyl (C=O) groups excluding carboxylic acids is 1. The predicted octanol–water partition coefficient (Wildman–Crippen LogP) is 12.1. The monoisotopic (exact) mass is 969 g/mol. The van der Waals surface area contributed by atoms with E-state index in [0.29, 0.717) is 13.0 Å². The van der Waals surface area contributed by atoms with Crippen molar-refractivity contribution in [2.24, 2.45) is 0 Å². The van der Waals surface area contributed by atoms with Gasteiger partial charge in [0.2, 0.25) is 0 Å². The molecule has 6 unspecified atom stereocenters. The molecule has 6 atom stereocenters. The van der Waals surface area contributed by atoms with Crippen molar-refractivity contribution in [1.82, 2.24) is 0 Å². The van der Waals surface area contributed by atoms with Crippen LogP contribution in [0.15, 0.2) is 60.8 Å². The minimum Gasteiger partial charge on any atom is -0.457 e. The summed E-state index contributed by atoms with van der Waals surface area (Å²) in [5.74, 6) is -0.479. The van der Waals surface area contributed by atoms with Gasteiger partial charge in [0.1, 0.15) is 42.7 Å². The van der Waals surface area contributed by atoms with E-state index in [4.69, 9.17) is 18.5 Å². The van der Waals surface area contributed by atoms with Crippen LogP contribution in [0.1, 0.15) is 213 Å². The van der Waals surface area contributed by atoms with Gasteiger partial charge in [0.25, 0.3) is 0 Å². The zero-order chi connectivity index (χ0) is 49.1. The van der Waals surface area contributed by atoms with Crippen LogP contribution in [0.5, 0.6) is 0 Å². The van der Waals surface area contributed by atoms with Gasteiger partial charge in [-0.05, 0) is 57.8 Å². The highest BCUT2D eigenvalue weighted by Gasteiger charge is 2.51. The smallest absolute Gasteiger partial charge is 0.457 e. The van der Waals surface area contributed by atoms with Gasteiger partial charge in [0, 0.05) is 13.0 Å². The molecule has 0 spiro atoms. The van der Waals surface area contributed by atoms with Crippen molar-refractivity contribution >= 4 is 13.8 Å². The maximum absolute atomic E-state index is 12.9. The molecule has 0 aromatic rings. The van der Waals surface area contributed by atoms with Crippen molar-refractivity contribution < 1.29 is 58.3 Å². The van der Waals surface area contributed by atoms with Crippen molar-refractivity contribution in [3.63, 3.8) is 0 Å². The molecule has 0 saturated heterocycles. The highest BCUT2D eigenvalue weighted by atomic mass is 31.2. The van der Waals surface area contributed by atoms with Crippen molar-refractivity contribution in [2.75, 3.05) is 19.8 Å². The molecule has 13 heteroatoms. The molecule has 0 aromatic carbocycles. The lowest BCUT2D eigenvalue weighted by Gasteiger charge is -2.41. The second kappa shape index (κ2) is 44.0. The van der Waals surface area contributed by atoms with Crippen LogP contribution >= 0.6 is 7.82 Å². The number of rotatable bonds is 45. The maximum atomic E-state index is 12.9. The highest BCUT2D eigenvalue weighted by molar-refractivity contribution is 7.47. The molecule has 0 aliphatic heterocycles. The molecule has 1 rings (SSSR count). The van der Waals surface area contributed by atoms with Crippen LogP contribution in [0.3, 0.4) is 0 Å². The van der Waals surface area contributed by atoms with Gasteiger partial charge in [-0.2, -0.15) is 0 Å². The molecular formula is C54H97O12P. The fourth-order valence-electron chi connectivity index (χ4n) is 7.97. The quantitative estimate of drug-likeness (QED) is 0.0147. The Labute approximate surface area is 407 Å². The summed E-state index contributed by atoms with van der Waals surface area (Å²) in [6.45, 7) is 4.15. The van der Waals surface area contributed by atoms with Crippen LogP contribution in [0.25, 0.3) is 0 Å². The van der Waals surface area contributed by atoms with Crippen LogP contribution in [0.2, 0.25) is 0 Å². The summed E-state index contributed by atoms with van der Waals surface area (Å²) < 4.78 is 34.3. The van der Waals surface area contributed by atoms with Crippen molar-refractivity contribution in [1.29, 1.82) is 0 Å². The maximum Gasteiger partial charge on any atom is 0.472 e. The first-order chi connectivity index (χ1) is 32.5. The van der Waals surface area contributed by atoms with E-state index < -0.39 is 63.1 Å². The van der Waals surface area contributed by atoms with Gasteiger partial charge in [0.15, 0.2) is 0 Å². The minimum atomic E-state index is -5.03. The first-order valence-corrected chi connectivity index (χ1v) is 28.1. The van der Waals surface area contributed by atoms with E-state index in [1.807, 2.05) is 0 Å². The van der Waals surface area contributed by atoms with E-state index >= 15 is 0 Å². The summed E-state index contributed by atoms with van der Waals surface area (Å²) >= 11 is 0. The molecule has 0 heterocycles. The molecule has 67 heavy (non-hydrogen) atoms. The molecule has 1 fully saturated rings. The van der Waals surface area contributed by atoms with E-state index in [2.05, 4.69) is 74.6 Å². The third-order valence-corrected chi connectivity index (χ3v) is 13.1. The molecule has 0 radical (unpaired) electrons. The lowest BCUT2D eigenvalue weighted by atomic mass is 9.85. The minimum absolute atomic E-state index is 0.0825. The number of allylic oxidation sites excluding steroid dienone is 10. The fraction of sp³-hybridized carbons (Fsp3) is 0.796. The number of esters is 1. The Morgan fingerprint density at radius 3 is 1.34 bits per heavy atom. The molecular weight excluding hydrogens is 872 g/mol. The number of hydrogen-bond acceptors (Lipinski definition) is 11. The van der Waals surface area contributed by atoms with E-state index in [1.165, 1.54) is 103 Å². The summed E-state index contributed by atoms with van der Waals surface area (Å²) in [4.78, 5) is 23.3. The zero-order valence-electron chi connectivity index (χ0n) is 41.9. The Hall–Kier alpha value is -1.96. The fourth-order valence-corrected chi connectivity index (χ4v) is 8.94. The average Bonchev–Trinajstić information content (AvgIpc) is 3.31. The van der Waals surface area contributed by atoms with Crippen molar-refractivity contribution in [3.8, 4) is 0 Å². The van der Waals surface area contributed by atoms with Gasteiger partial charge >= 0.3 is 13.8 Å². The number of unbranched alkanes of at least 4 members (excludes halogenated alkanes) is 23. The third kappa shape index (κ3) is 35.7. The number of carbonyl (C=O) groups is 1. The number of hydrogen-bond donors (Lipinski definition) is 6. The molecule has 0 amide bonds. The zero-order valence-corrected chi connectivity index (χ0v) is 42.8. The van der Waals surface area contributed by atoms with E-state index in [-0.39, 0.29) is 13.0 Å². The lowest BCUT2D eigenvalue weighted by Crippen LogP contribution is -2.64. The normalized spacial score (nSPS) is 21.7. The first-order valence-electron chi connectivity index (χ1n) is 26.6. The second-order valence-electron chi connectivity index (χ2n) is 18.4. The van der Waals surface area contributed by atoms with Crippen LogP contribution in [-0.2, 0) is 27.9 Å². The summed E-state index contributed by atoms with van der Waals surface area (Å²) in [5.41, 5.74) is 0. The van der Waals surface area contributed by atoms with Gasteiger partial charge < -0.3 is 39.9 Å². The van der Waals surface area contributed by atoms with Crippen molar-refractivity contribution in [3.05, 3.63) is 60.8 Å². The first kappa shape index (κ1) is 63.1. The molecule has 1 saturated carbocycles. The van der Waals surface area contributed by atoms with Crippen LogP contribution in [-0.4, -0.2) is 98.9 Å². The SMILES string of the molecule is CC/C=C\C/C=C\C/C=C\C/C=C\C/C=C\CCCCCCCCCCOCC(COP(=O)(O)OC1C(O)C(O)C(O)C(O)C1O)OC(=O)CCCCCCCCCCCCCCCCCC. The van der Waals surface area contributed by atoms with Crippen molar-refractivity contribution in [2.45, 2.75) is 256 Å². The van der Waals surface area contributed by atoms with E-state index in [0.717, 1.165) is 83.5 Å². The number of aliphatic hydroxyl groups is 5. The Balaban J connectivity index is 2.32. The number of aliphatic hydroxyl groups excluding tert-OH is 5. The molecule has 0 bridgehead atoms. The highest BCUT2D eigenvalue weighted by Crippen LogP contribution is 2.47. The van der Waals surface area contributed by atoms with Crippen LogP contribution in [0, 0.1) is 0 Å². The van der Waals surface area contributed by atoms with Gasteiger partial charge in [-0.3, -0.25) is 13.8 Å². The summed E-state index contributed by atoms with van der Waals surface area (Å²) in [6, 6.07) is 0. The summed E-state index contributed by atoms with van der Waals surface area (Å²) in [5, 5.41) is 50.3. The largest absolute Gasteiger partial charge is 0.472 e. The Morgan fingerprint density at radius 2 is 0.881 bits per heavy atom. The second-order valence-corrected chi connectivity index (χ2v) is 19.8. The number of phosphoric ester groups is 1. The molecule has 390 valence electrons. The van der Waals surface area contributed by atoms with Crippen LogP contribution in [0.4, 0.5) is 0 Å². The average molecular weight is 969 g/mol. The topological polar surface area (TPSA) is 192 Å². The Morgan fingerprint density at radius 1 is 0.493 bits per heavy atom. The molecule has 6 N–H and O–H groups in total. The molecule has 12 nitrogen and oxygen atoms in total. The molecule has 0 aromatic heterocycles. The Kier molecular flexibility index (Phi) is 41.4. The van der Waals surface area contributed by atoms with E-state index in [1.54, 1.807) is 0 Å². The van der Waals surface area contributed by atoms with Crippen LogP contribution < -0.4 is 0 Å². The molecule has 1 aliphatic carbocycles. The number of ether oxygens (including phenoxy) is 2. The van der Waals surface area contributed by atoms with Gasteiger partial charge in [-0.15, -0.1) is 0 Å². The van der Waals surface area contributed by atoms with Gasteiger partial charge in [-0.25, -0.2) is 4.57 Å². The summed E-state index contributed by atoms with van der Waals surface area (Å²) in [6.07, 6.45) is 44.2. The van der Waals surface area contributed by atoms with Gasteiger partial charge in [-0.1, -0.05) is 209 Å². The third-order valence-electron chi connectivity index (χ3n) is 12.2. The Bertz CT molecular complexity index is 1340. The number of phosphoric acid groups is 1. The van der Waals surface area contributed by atoms with Gasteiger partial charge in [0.05, 0.1) is 13.2 Å². The lowest BCUT2D eigenvalue weighted by molar-refractivity contribution is -0.220. The molecule has 1 aliphatic rings. The standard InChI is InChI=1S/C54H97O12P/c1-3-5-7-9-11-13-15-17-19-21-22-23-24-25-26-27-28-30-32-34-36-38-40-42-44-63-45-47(46-64-67(61,62)66-54-52(59)50(57)49(56)51(58)53(54)60)65-48(55)43-41-39-37-35-33-31-29-20-18-16-14-12-10-8-6-4-2/h5,7,11,13,17,19,22-23,25-26,47,49-54,56-60H,3-4,6,8-10,12,14-16,18,20-21,24,27-46H2,1-2H3,(H,61,62)/b7-5-,13-11-,19-17-,23-22-,26-25-.